The van der Waals surface area contributed by atoms with Crippen LogP contribution in [-0.4, -0.2) is 25.9 Å². The molecule has 2 aromatic rings. The second kappa shape index (κ2) is 7.40. The van der Waals surface area contributed by atoms with Gasteiger partial charge in [-0.2, -0.15) is 0 Å². The van der Waals surface area contributed by atoms with Gasteiger partial charge < -0.3 is 9.47 Å². The van der Waals surface area contributed by atoms with E-state index in [4.69, 9.17) is 9.47 Å². The average molecular weight is 357 g/mol. The average Bonchev–Trinajstić information content (AvgIpc) is 3.02. The van der Waals surface area contributed by atoms with Crippen LogP contribution in [-0.2, 0) is 4.79 Å². The largest absolute Gasteiger partial charge is 0.493 e. The fraction of sp³-hybridized carbons (Fsp3) is 0.350. The highest BCUT2D eigenvalue weighted by Crippen LogP contribution is 2.47. The number of carbonyl (C=O) groups excluding carboxylic acids is 1. The van der Waals surface area contributed by atoms with Gasteiger partial charge in [0.2, 0.25) is 5.91 Å². The van der Waals surface area contributed by atoms with Crippen molar-refractivity contribution in [1.29, 1.82) is 0 Å². The maximum Gasteiger partial charge on any atom is 0.238 e. The molecule has 4 nitrogen and oxygen atoms in total. The summed E-state index contributed by atoms with van der Waals surface area (Å²) in [6.07, 6.45) is 0. The number of benzene rings is 2. The van der Waals surface area contributed by atoms with Gasteiger partial charge in [0.25, 0.3) is 0 Å². The van der Waals surface area contributed by atoms with Crippen LogP contribution >= 0.6 is 11.8 Å². The Morgan fingerprint density at radius 2 is 1.80 bits per heavy atom. The summed E-state index contributed by atoms with van der Waals surface area (Å²) in [5.41, 5.74) is 3.12. The van der Waals surface area contributed by atoms with Crippen molar-refractivity contribution in [3.05, 3.63) is 53.6 Å². The highest BCUT2D eigenvalue weighted by atomic mass is 32.2. The van der Waals surface area contributed by atoms with Crippen molar-refractivity contribution in [2.24, 2.45) is 0 Å². The van der Waals surface area contributed by atoms with Gasteiger partial charge in [0.05, 0.1) is 20.0 Å². The Hall–Kier alpha value is -2.14. The minimum absolute atomic E-state index is 0.108. The van der Waals surface area contributed by atoms with E-state index in [9.17, 15) is 4.79 Å². The number of nitrogens with zero attached hydrogens (tertiary/aromatic N) is 1. The maximum atomic E-state index is 12.6. The van der Waals surface area contributed by atoms with Crippen molar-refractivity contribution >= 4 is 23.4 Å². The zero-order valence-electron chi connectivity index (χ0n) is 15.0. The van der Waals surface area contributed by atoms with Crippen LogP contribution in [0.1, 0.15) is 36.3 Å². The fourth-order valence-electron chi connectivity index (χ4n) is 3.06. The number of hydrogen-bond acceptors (Lipinski definition) is 4. The number of amides is 1. The number of carbonyl (C=O) groups is 1. The molecule has 0 aliphatic carbocycles. The summed E-state index contributed by atoms with van der Waals surface area (Å²) in [7, 11) is 3.25. The lowest BCUT2D eigenvalue weighted by atomic mass is 10.0. The van der Waals surface area contributed by atoms with Crippen molar-refractivity contribution in [1.82, 2.24) is 0 Å². The number of hydrogen-bond donors (Lipinski definition) is 0. The normalized spacial score (nSPS) is 17.2. The SMILES string of the molecule is COc1cccc(C2SCC(=O)N2c2ccc(C(C)C)cc2)c1OC. The Morgan fingerprint density at radius 3 is 2.40 bits per heavy atom. The predicted octanol–water partition coefficient (Wildman–Crippen LogP) is 4.61. The number of rotatable bonds is 5. The van der Waals surface area contributed by atoms with Crippen LogP contribution in [0.4, 0.5) is 5.69 Å². The third-order valence-corrected chi connectivity index (χ3v) is 5.60. The third-order valence-electron chi connectivity index (χ3n) is 4.41. The summed E-state index contributed by atoms with van der Waals surface area (Å²) >= 11 is 1.61. The van der Waals surface area contributed by atoms with Crippen molar-refractivity contribution in [2.45, 2.75) is 25.1 Å². The minimum atomic E-state index is -0.123. The van der Waals surface area contributed by atoms with Crippen molar-refractivity contribution in [3.63, 3.8) is 0 Å². The minimum Gasteiger partial charge on any atom is -0.493 e. The molecule has 0 N–H and O–H groups in total. The van der Waals surface area contributed by atoms with Gasteiger partial charge in [0, 0.05) is 11.3 Å². The quantitative estimate of drug-likeness (QED) is 0.783. The summed E-state index contributed by atoms with van der Waals surface area (Å²) in [6, 6.07) is 14.0. The first kappa shape index (κ1) is 17.7. The number of para-hydroxylation sites is 1. The Kier molecular flexibility index (Phi) is 5.23. The summed E-state index contributed by atoms with van der Waals surface area (Å²) in [6.45, 7) is 4.32. The van der Waals surface area contributed by atoms with Crippen molar-refractivity contribution in [3.8, 4) is 11.5 Å². The molecule has 132 valence electrons. The molecular weight excluding hydrogens is 334 g/mol. The summed E-state index contributed by atoms with van der Waals surface area (Å²) in [5, 5.41) is -0.123. The van der Waals surface area contributed by atoms with Gasteiger partial charge in [0.1, 0.15) is 5.37 Å². The molecule has 1 atom stereocenters. The highest BCUT2D eigenvalue weighted by molar-refractivity contribution is 8.00. The molecule has 1 heterocycles. The summed E-state index contributed by atoms with van der Waals surface area (Å²) < 4.78 is 11.0. The molecule has 0 spiro atoms. The fourth-order valence-corrected chi connectivity index (χ4v) is 4.25. The molecule has 1 aliphatic heterocycles. The summed E-state index contributed by atoms with van der Waals surface area (Å²) in [5.74, 6) is 2.39. The third kappa shape index (κ3) is 3.33. The Balaban J connectivity index is 2.00. The second-order valence-corrected chi connectivity index (χ2v) is 7.32. The molecule has 0 aromatic heterocycles. The van der Waals surface area contributed by atoms with E-state index in [1.54, 1.807) is 26.0 Å². The van der Waals surface area contributed by atoms with Gasteiger partial charge in [-0.25, -0.2) is 0 Å². The van der Waals surface area contributed by atoms with Gasteiger partial charge in [0.15, 0.2) is 11.5 Å². The van der Waals surface area contributed by atoms with Crippen LogP contribution in [0.15, 0.2) is 42.5 Å². The molecule has 1 saturated heterocycles. The summed E-state index contributed by atoms with van der Waals surface area (Å²) in [4.78, 5) is 14.4. The van der Waals surface area contributed by atoms with E-state index in [2.05, 4.69) is 26.0 Å². The van der Waals surface area contributed by atoms with E-state index >= 15 is 0 Å². The standard InChI is InChI=1S/C20H23NO3S/c1-13(2)14-8-10-15(11-9-14)21-18(22)12-25-20(21)16-6-5-7-17(23-3)19(16)24-4/h5-11,13,20H,12H2,1-4H3. The molecular formula is C20H23NO3S. The smallest absolute Gasteiger partial charge is 0.238 e. The van der Waals surface area contributed by atoms with Crippen LogP contribution in [0.25, 0.3) is 0 Å². The van der Waals surface area contributed by atoms with E-state index in [-0.39, 0.29) is 11.3 Å². The Bertz CT molecular complexity index is 758. The Morgan fingerprint density at radius 1 is 1.08 bits per heavy atom. The molecule has 0 radical (unpaired) electrons. The van der Waals surface area contributed by atoms with Crippen LogP contribution in [0.5, 0.6) is 11.5 Å². The number of methoxy groups -OCH3 is 2. The Labute approximate surface area is 153 Å². The van der Waals surface area contributed by atoms with Crippen molar-refractivity contribution < 1.29 is 14.3 Å². The van der Waals surface area contributed by atoms with E-state index in [0.29, 0.717) is 23.2 Å². The van der Waals surface area contributed by atoms with E-state index in [1.807, 2.05) is 35.2 Å². The van der Waals surface area contributed by atoms with E-state index in [1.165, 1.54) is 5.56 Å². The number of thioether (sulfide) groups is 1. The van der Waals surface area contributed by atoms with Gasteiger partial charge in [-0.3, -0.25) is 9.69 Å². The molecule has 1 amide bonds. The molecule has 2 aromatic carbocycles. The van der Waals surface area contributed by atoms with E-state index in [0.717, 1.165) is 11.3 Å². The highest BCUT2D eigenvalue weighted by Gasteiger charge is 2.36. The predicted molar refractivity (Wildman–Crippen MR) is 103 cm³/mol. The second-order valence-electron chi connectivity index (χ2n) is 6.26. The van der Waals surface area contributed by atoms with E-state index < -0.39 is 0 Å². The monoisotopic (exact) mass is 357 g/mol. The van der Waals surface area contributed by atoms with Gasteiger partial charge >= 0.3 is 0 Å². The molecule has 0 saturated carbocycles. The zero-order chi connectivity index (χ0) is 18.0. The van der Waals surface area contributed by atoms with Gasteiger partial charge in [-0.05, 0) is 29.7 Å². The lowest BCUT2D eigenvalue weighted by molar-refractivity contribution is -0.115. The van der Waals surface area contributed by atoms with Crippen LogP contribution in [0, 0.1) is 0 Å². The zero-order valence-corrected chi connectivity index (χ0v) is 15.8. The molecule has 3 rings (SSSR count). The molecule has 1 aliphatic rings. The first-order chi connectivity index (χ1) is 12.1. The lowest BCUT2D eigenvalue weighted by Gasteiger charge is -2.26. The molecule has 1 unspecified atom stereocenters. The van der Waals surface area contributed by atoms with Crippen LogP contribution in [0.2, 0.25) is 0 Å². The maximum absolute atomic E-state index is 12.6. The first-order valence-electron chi connectivity index (χ1n) is 8.31. The van der Waals surface area contributed by atoms with Crippen LogP contribution < -0.4 is 14.4 Å². The molecule has 0 bridgehead atoms. The number of anilines is 1. The number of ether oxygens (including phenoxy) is 2. The first-order valence-corrected chi connectivity index (χ1v) is 9.36. The molecule has 1 fully saturated rings. The van der Waals surface area contributed by atoms with Gasteiger partial charge in [-0.15, -0.1) is 11.8 Å². The van der Waals surface area contributed by atoms with Crippen molar-refractivity contribution in [2.75, 3.05) is 24.9 Å². The molecule has 25 heavy (non-hydrogen) atoms. The lowest BCUT2D eigenvalue weighted by Crippen LogP contribution is -2.28. The molecule has 5 heteroatoms. The van der Waals surface area contributed by atoms with Crippen LogP contribution in [0.3, 0.4) is 0 Å². The topological polar surface area (TPSA) is 38.8 Å². The van der Waals surface area contributed by atoms with Gasteiger partial charge in [-0.1, -0.05) is 38.1 Å².